The summed E-state index contributed by atoms with van der Waals surface area (Å²) in [6.45, 7) is 8.95. The lowest BCUT2D eigenvalue weighted by atomic mass is 10.0. The highest BCUT2D eigenvalue weighted by molar-refractivity contribution is 6.23. The molecule has 0 aliphatic carbocycles. The summed E-state index contributed by atoms with van der Waals surface area (Å²) >= 11 is 5.77. The van der Waals surface area contributed by atoms with Crippen LogP contribution in [0.4, 0.5) is 0 Å². The predicted molar refractivity (Wildman–Crippen MR) is 43.8 cm³/mol. The summed E-state index contributed by atoms with van der Waals surface area (Å²) < 4.78 is 0. The quantitative estimate of drug-likeness (QED) is 0.448. The Kier molecular flexibility index (Phi) is 3.40. The molecule has 0 spiro atoms. The molecule has 0 saturated carbocycles. The zero-order valence-electron chi connectivity index (χ0n) is 6.78. The number of hydrogen-bond acceptors (Lipinski definition) is 0. The van der Waals surface area contributed by atoms with E-state index in [-0.39, 0.29) is 0 Å². The fourth-order valence-corrected chi connectivity index (χ4v) is 0.636. The first-order chi connectivity index (χ1) is 4.34. The van der Waals surface area contributed by atoms with E-state index in [2.05, 4.69) is 6.58 Å². The summed E-state index contributed by atoms with van der Waals surface area (Å²) in [6.07, 6.45) is -0.275. The fourth-order valence-electron chi connectivity index (χ4n) is 0.559. The van der Waals surface area contributed by atoms with Gasteiger partial charge in [0.1, 0.15) is 6.10 Å². The minimum absolute atomic E-state index is 0.469. The van der Waals surface area contributed by atoms with Crippen molar-refractivity contribution in [3.05, 3.63) is 12.2 Å². The highest BCUT2D eigenvalue weighted by Gasteiger charge is 2.25. The molecule has 0 aliphatic rings. The van der Waals surface area contributed by atoms with Crippen molar-refractivity contribution in [2.24, 2.45) is 0 Å². The average molecular weight is 162 g/mol. The van der Waals surface area contributed by atoms with E-state index >= 15 is 0 Å². The number of hydrogen-bond donors (Lipinski definition) is 0. The Labute approximate surface area is 67.7 Å². The second kappa shape index (κ2) is 3.40. The van der Waals surface area contributed by atoms with Crippen molar-refractivity contribution in [3.63, 3.8) is 0 Å². The maximum absolute atomic E-state index is 11.2. The minimum Gasteiger partial charge on any atom is -0.231 e. The Hall–Kier alpha value is -0.0100. The van der Waals surface area contributed by atoms with Crippen LogP contribution in [0.5, 0.6) is 0 Å². The van der Waals surface area contributed by atoms with Crippen molar-refractivity contribution >= 4 is 11.6 Å². The summed E-state index contributed by atoms with van der Waals surface area (Å²) in [4.78, 5) is -0.654. The number of halogens is 1. The van der Waals surface area contributed by atoms with Gasteiger partial charge in [-0.1, -0.05) is 5.57 Å². The first-order valence-corrected chi connectivity index (χ1v) is 3.71. The Morgan fingerprint density at radius 1 is 1.70 bits per heavy atom. The molecule has 1 nitrogen and oxygen atoms in total. The van der Waals surface area contributed by atoms with E-state index in [1.165, 1.54) is 0 Å². The lowest BCUT2D eigenvalue weighted by Gasteiger charge is -2.20. The van der Waals surface area contributed by atoms with Crippen molar-refractivity contribution in [3.8, 4) is 0 Å². The monoisotopic (exact) mass is 161 g/mol. The topological polar surface area (TPSA) is 19.9 Å². The predicted octanol–water partition coefficient (Wildman–Crippen LogP) is 2.77. The third-order valence-electron chi connectivity index (χ3n) is 1.30. The Morgan fingerprint density at radius 2 is 2.10 bits per heavy atom. The number of rotatable bonds is 3. The fraction of sp³-hybridized carbons (Fsp3) is 0.750. The minimum atomic E-state index is -0.744. The molecule has 2 heteroatoms. The van der Waals surface area contributed by atoms with E-state index in [1.807, 2.05) is 6.92 Å². The van der Waals surface area contributed by atoms with E-state index in [4.69, 9.17) is 11.6 Å². The summed E-state index contributed by atoms with van der Waals surface area (Å²) in [7, 11) is 0. The first-order valence-electron chi connectivity index (χ1n) is 3.33. The molecule has 10 heavy (non-hydrogen) atoms. The van der Waals surface area contributed by atoms with Gasteiger partial charge in [-0.25, -0.2) is 5.11 Å². The lowest BCUT2D eigenvalue weighted by molar-refractivity contribution is 0.0614. The van der Waals surface area contributed by atoms with Gasteiger partial charge in [-0.15, -0.1) is 18.2 Å². The van der Waals surface area contributed by atoms with Gasteiger partial charge in [0.05, 0.1) is 4.87 Å². The number of alkyl halides is 1. The molecular formula is C8H14ClO. The smallest absolute Gasteiger partial charge is 0.115 e. The van der Waals surface area contributed by atoms with Crippen molar-refractivity contribution < 1.29 is 5.11 Å². The van der Waals surface area contributed by atoms with Crippen LogP contribution >= 0.6 is 11.6 Å². The van der Waals surface area contributed by atoms with Crippen LogP contribution in [0, 0.1) is 0 Å². The SMILES string of the molecule is C=C(C)CC([O])C(C)(C)Cl. The molecule has 1 atom stereocenters. The lowest BCUT2D eigenvalue weighted by Crippen LogP contribution is -2.28. The second-order valence-corrected chi connectivity index (χ2v) is 4.19. The molecule has 0 aliphatic heterocycles. The van der Waals surface area contributed by atoms with Crippen LogP contribution < -0.4 is 0 Å². The Bertz CT molecular complexity index is 124. The Morgan fingerprint density at radius 3 is 2.20 bits per heavy atom. The van der Waals surface area contributed by atoms with Gasteiger partial charge in [-0.05, 0) is 27.2 Å². The van der Waals surface area contributed by atoms with Crippen LogP contribution in [0.15, 0.2) is 12.2 Å². The van der Waals surface area contributed by atoms with Gasteiger partial charge in [0, 0.05) is 0 Å². The summed E-state index contributed by atoms with van der Waals surface area (Å²) in [5.74, 6) is 0. The standard InChI is InChI=1S/C8H14ClO/c1-6(2)5-7(10)8(3,4)9/h7H,1,5H2,2-4H3. The highest BCUT2D eigenvalue weighted by Crippen LogP contribution is 2.22. The van der Waals surface area contributed by atoms with Crippen molar-refractivity contribution in [2.75, 3.05) is 0 Å². The van der Waals surface area contributed by atoms with Gasteiger partial charge >= 0.3 is 0 Å². The zero-order chi connectivity index (χ0) is 8.36. The van der Waals surface area contributed by atoms with Crippen LogP contribution in [0.1, 0.15) is 27.2 Å². The van der Waals surface area contributed by atoms with Crippen LogP contribution in [0.3, 0.4) is 0 Å². The molecule has 0 fully saturated rings. The van der Waals surface area contributed by atoms with Crippen molar-refractivity contribution in [1.82, 2.24) is 0 Å². The molecule has 0 amide bonds. The summed E-state index contributed by atoms with van der Waals surface area (Å²) in [5, 5.41) is 11.2. The molecule has 0 aromatic rings. The molecule has 0 N–H and O–H groups in total. The van der Waals surface area contributed by atoms with E-state index in [0.29, 0.717) is 6.42 Å². The molecule has 0 saturated heterocycles. The highest BCUT2D eigenvalue weighted by atomic mass is 35.5. The molecule has 0 rings (SSSR count). The summed E-state index contributed by atoms with van der Waals surface area (Å²) in [5.41, 5.74) is 0.897. The van der Waals surface area contributed by atoms with Crippen LogP contribution in [-0.4, -0.2) is 11.0 Å². The van der Waals surface area contributed by atoms with Crippen LogP contribution in [0.2, 0.25) is 0 Å². The van der Waals surface area contributed by atoms with Crippen LogP contribution in [0.25, 0.3) is 0 Å². The molecule has 1 unspecified atom stereocenters. The molecule has 59 valence electrons. The van der Waals surface area contributed by atoms with Gasteiger partial charge < -0.3 is 0 Å². The van der Waals surface area contributed by atoms with E-state index in [9.17, 15) is 5.11 Å². The van der Waals surface area contributed by atoms with E-state index < -0.39 is 11.0 Å². The van der Waals surface area contributed by atoms with Gasteiger partial charge in [-0.3, -0.25) is 0 Å². The summed E-state index contributed by atoms with van der Waals surface area (Å²) in [6, 6.07) is 0. The molecule has 1 radical (unpaired) electrons. The van der Waals surface area contributed by atoms with Gasteiger partial charge in [0.15, 0.2) is 0 Å². The molecule has 0 bridgehead atoms. The van der Waals surface area contributed by atoms with Crippen molar-refractivity contribution in [2.45, 2.75) is 38.2 Å². The third-order valence-corrected chi connectivity index (χ3v) is 1.54. The molecule has 0 heterocycles. The van der Waals surface area contributed by atoms with E-state index in [0.717, 1.165) is 5.57 Å². The maximum Gasteiger partial charge on any atom is 0.115 e. The molecular weight excluding hydrogens is 148 g/mol. The first kappa shape index (κ1) is 9.99. The second-order valence-electron chi connectivity index (χ2n) is 3.21. The van der Waals surface area contributed by atoms with E-state index in [1.54, 1.807) is 13.8 Å². The Balaban J connectivity index is 3.85. The maximum atomic E-state index is 11.2. The third kappa shape index (κ3) is 3.91. The van der Waals surface area contributed by atoms with Crippen LogP contribution in [-0.2, 0) is 5.11 Å². The zero-order valence-corrected chi connectivity index (χ0v) is 7.53. The average Bonchev–Trinajstić information content (AvgIpc) is 1.60. The largest absolute Gasteiger partial charge is 0.231 e. The molecule has 0 aromatic carbocycles. The van der Waals surface area contributed by atoms with Gasteiger partial charge in [0.2, 0.25) is 0 Å². The normalized spacial score (nSPS) is 14.9. The molecule has 0 aromatic heterocycles. The van der Waals surface area contributed by atoms with Gasteiger partial charge in [0.25, 0.3) is 0 Å². The van der Waals surface area contributed by atoms with Gasteiger partial charge in [-0.2, -0.15) is 0 Å². The van der Waals surface area contributed by atoms with Crippen molar-refractivity contribution in [1.29, 1.82) is 0 Å².